The van der Waals surface area contributed by atoms with Gasteiger partial charge in [0.05, 0.1) is 11.3 Å². The second-order valence-electron chi connectivity index (χ2n) is 6.56. The first-order chi connectivity index (χ1) is 11.3. The van der Waals surface area contributed by atoms with Crippen molar-refractivity contribution in [1.29, 1.82) is 0 Å². The van der Waals surface area contributed by atoms with Gasteiger partial charge in [-0.3, -0.25) is 4.79 Å². The third-order valence-electron chi connectivity index (χ3n) is 4.90. The lowest BCUT2D eigenvalue weighted by atomic mass is 10.2. The highest BCUT2D eigenvalue weighted by Gasteiger charge is 2.27. The van der Waals surface area contributed by atoms with Crippen molar-refractivity contribution >= 4 is 15.9 Å². The number of hydrogen-bond donors (Lipinski definition) is 0. The third kappa shape index (κ3) is 4.00. The molecule has 1 saturated heterocycles. The van der Waals surface area contributed by atoms with Crippen molar-refractivity contribution in [1.82, 2.24) is 13.8 Å². The first-order valence-corrected chi connectivity index (χ1v) is 10.3. The SMILES string of the molecule is CCCCS(=O)(=O)N1CCCN(C(=O)c2cc(C)n(C)c2C)CC1. The van der Waals surface area contributed by atoms with Crippen LogP contribution in [0.15, 0.2) is 6.07 Å². The van der Waals surface area contributed by atoms with E-state index in [0.717, 1.165) is 23.4 Å². The summed E-state index contributed by atoms with van der Waals surface area (Å²) in [6, 6.07) is 1.91. The maximum atomic E-state index is 12.8. The number of carbonyl (C=O) groups is 1. The highest BCUT2D eigenvalue weighted by Crippen LogP contribution is 2.18. The lowest BCUT2D eigenvalue weighted by Crippen LogP contribution is -2.38. The van der Waals surface area contributed by atoms with E-state index >= 15 is 0 Å². The van der Waals surface area contributed by atoms with Crippen molar-refractivity contribution in [2.75, 3.05) is 31.9 Å². The number of aromatic nitrogens is 1. The average Bonchev–Trinajstić information content (AvgIpc) is 2.76. The molecule has 0 radical (unpaired) electrons. The molecular formula is C17H29N3O3S. The van der Waals surface area contributed by atoms with Crippen molar-refractivity contribution in [2.45, 2.75) is 40.0 Å². The molecule has 2 rings (SSSR count). The number of aryl methyl sites for hydroxylation is 1. The monoisotopic (exact) mass is 355 g/mol. The molecule has 0 spiro atoms. The molecule has 0 aliphatic carbocycles. The van der Waals surface area contributed by atoms with Gasteiger partial charge in [-0.1, -0.05) is 13.3 Å². The predicted molar refractivity (Wildman–Crippen MR) is 95.7 cm³/mol. The predicted octanol–water partition coefficient (Wildman–Crippen LogP) is 1.92. The van der Waals surface area contributed by atoms with Gasteiger partial charge in [-0.05, 0) is 32.8 Å². The molecule has 1 fully saturated rings. The molecule has 0 N–H and O–H groups in total. The summed E-state index contributed by atoms with van der Waals surface area (Å²) in [5, 5.41) is 0. The first-order valence-electron chi connectivity index (χ1n) is 8.68. The van der Waals surface area contributed by atoms with Gasteiger partial charge < -0.3 is 9.47 Å². The number of unbranched alkanes of at least 4 members (excludes halogenated alkanes) is 1. The van der Waals surface area contributed by atoms with Crippen LogP contribution >= 0.6 is 0 Å². The van der Waals surface area contributed by atoms with Gasteiger partial charge in [0.1, 0.15) is 0 Å². The van der Waals surface area contributed by atoms with Gasteiger partial charge in [-0.15, -0.1) is 0 Å². The number of rotatable bonds is 5. The largest absolute Gasteiger partial charge is 0.351 e. The van der Waals surface area contributed by atoms with Crippen molar-refractivity contribution in [3.63, 3.8) is 0 Å². The molecule has 1 aromatic heterocycles. The standard InChI is InChI=1S/C17H29N3O3S/c1-5-6-12-24(22,23)20-9-7-8-19(10-11-20)17(21)16-13-14(2)18(4)15(16)3/h13H,5-12H2,1-4H3. The molecule has 136 valence electrons. The van der Waals surface area contributed by atoms with Crippen LogP contribution in [-0.2, 0) is 17.1 Å². The fraction of sp³-hybridized carbons (Fsp3) is 0.706. The smallest absolute Gasteiger partial charge is 0.255 e. The molecule has 0 saturated carbocycles. The third-order valence-corrected chi connectivity index (χ3v) is 6.85. The fourth-order valence-corrected chi connectivity index (χ4v) is 4.75. The van der Waals surface area contributed by atoms with Gasteiger partial charge in [0.15, 0.2) is 0 Å². The Balaban J connectivity index is 2.07. The van der Waals surface area contributed by atoms with E-state index in [2.05, 4.69) is 0 Å². The molecule has 6 nitrogen and oxygen atoms in total. The summed E-state index contributed by atoms with van der Waals surface area (Å²) < 4.78 is 28.3. The summed E-state index contributed by atoms with van der Waals surface area (Å²) in [7, 11) is -1.25. The van der Waals surface area contributed by atoms with Crippen LogP contribution in [0, 0.1) is 13.8 Å². The second kappa shape index (κ2) is 7.70. The molecule has 24 heavy (non-hydrogen) atoms. The zero-order chi connectivity index (χ0) is 17.9. The molecule has 1 aliphatic rings. The minimum Gasteiger partial charge on any atom is -0.351 e. The van der Waals surface area contributed by atoms with Crippen LogP contribution in [-0.4, -0.2) is 60.0 Å². The molecule has 0 unspecified atom stereocenters. The van der Waals surface area contributed by atoms with Crippen LogP contribution in [0.3, 0.4) is 0 Å². The van der Waals surface area contributed by atoms with Crippen LogP contribution in [0.5, 0.6) is 0 Å². The molecule has 1 aromatic rings. The Morgan fingerprint density at radius 1 is 1.17 bits per heavy atom. The summed E-state index contributed by atoms with van der Waals surface area (Å²) in [5.74, 6) is 0.207. The highest BCUT2D eigenvalue weighted by atomic mass is 32.2. The van der Waals surface area contributed by atoms with Crippen LogP contribution in [0.4, 0.5) is 0 Å². The van der Waals surface area contributed by atoms with Gasteiger partial charge in [0.2, 0.25) is 10.0 Å². The van der Waals surface area contributed by atoms with Crippen molar-refractivity contribution in [3.05, 3.63) is 23.0 Å². The number of sulfonamides is 1. The Bertz CT molecular complexity index is 694. The minimum atomic E-state index is -3.20. The molecule has 0 atom stereocenters. The first kappa shape index (κ1) is 19.0. The lowest BCUT2D eigenvalue weighted by Gasteiger charge is -2.22. The van der Waals surface area contributed by atoms with Crippen LogP contribution in [0.2, 0.25) is 0 Å². The molecular weight excluding hydrogens is 326 g/mol. The Kier molecular flexibility index (Phi) is 6.09. The van der Waals surface area contributed by atoms with Gasteiger partial charge in [0, 0.05) is 44.6 Å². The van der Waals surface area contributed by atoms with E-state index in [1.807, 2.05) is 38.5 Å². The summed E-state index contributed by atoms with van der Waals surface area (Å²) >= 11 is 0. The topological polar surface area (TPSA) is 62.6 Å². The second-order valence-corrected chi connectivity index (χ2v) is 8.65. The minimum absolute atomic E-state index is 0.00371. The Labute approximate surface area is 145 Å². The van der Waals surface area contributed by atoms with E-state index in [1.54, 1.807) is 9.21 Å². The van der Waals surface area contributed by atoms with Gasteiger partial charge in [-0.25, -0.2) is 12.7 Å². The van der Waals surface area contributed by atoms with Gasteiger partial charge >= 0.3 is 0 Å². The molecule has 1 aliphatic heterocycles. The summed E-state index contributed by atoms with van der Waals surface area (Å²) in [6.07, 6.45) is 2.23. The Hall–Kier alpha value is -1.34. The Morgan fingerprint density at radius 2 is 1.88 bits per heavy atom. The quantitative estimate of drug-likeness (QED) is 0.811. The Morgan fingerprint density at radius 3 is 2.46 bits per heavy atom. The summed E-state index contributed by atoms with van der Waals surface area (Å²) in [4.78, 5) is 14.6. The van der Waals surface area contributed by atoms with Crippen molar-refractivity contribution in [3.8, 4) is 0 Å². The lowest BCUT2D eigenvalue weighted by molar-refractivity contribution is 0.0763. The van der Waals surface area contributed by atoms with E-state index in [4.69, 9.17) is 0 Å². The van der Waals surface area contributed by atoms with Crippen LogP contribution < -0.4 is 0 Å². The number of nitrogens with zero attached hydrogens (tertiary/aromatic N) is 3. The zero-order valence-electron chi connectivity index (χ0n) is 15.2. The van der Waals surface area contributed by atoms with Crippen molar-refractivity contribution in [2.24, 2.45) is 7.05 Å². The fourth-order valence-electron chi connectivity index (χ4n) is 3.07. The van der Waals surface area contributed by atoms with E-state index in [0.29, 0.717) is 39.0 Å². The zero-order valence-corrected chi connectivity index (χ0v) is 16.0. The van der Waals surface area contributed by atoms with Gasteiger partial charge in [0.25, 0.3) is 5.91 Å². The summed E-state index contributed by atoms with van der Waals surface area (Å²) in [5.41, 5.74) is 2.72. The van der Waals surface area contributed by atoms with Crippen LogP contribution in [0.1, 0.15) is 47.9 Å². The maximum Gasteiger partial charge on any atom is 0.255 e. The van der Waals surface area contributed by atoms with E-state index < -0.39 is 10.0 Å². The van der Waals surface area contributed by atoms with Gasteiger partial charge in [-0.2, -0.15) is 0 Å². The van der Waals surface area contributed by atoms with E-state index in [-0.39, 0.29) is 11.7 Å². The molecule has 2 heterocycles. The molecule has 0 aromatic carbocycles. The van der Waals surface area contributed by atoms with Crippen LogP contribution in [0.25, 0.3) is 0 Å². The molecule has 0 bridgehead atoms. The molecule has 7 heteroatoms. The number of hydrogen-bond acceptors (Lipinski definition) is 3. The summed E-state index contributed by atoms with van der Waals surface area (Å²) in [6.45, 7) is 7.87. The van der Waals surface area contributed by atoms with Crippen molar-refractivity contribution < 1.29 is 13.2 Å². The maximum absolute atomic E-state index is 12.8. The molecule has 1 amide bonds. The van der Waals surface area contributed by atoms with E-state index in [1.165, 1.54) is 0 Å². The normalized spacial score (nSPS) is 17.1. The number of amides is 1. The number of carbonyl (C=O) groups excluding carboxylic acids is 1. The van der Waals surface area contributed by atoms with E-state index in [9.17, 15) is 13.2 Å². The highest BCUT2D eigenvalue weighted by molar-refractivity contribution is 7.89. The average molecular weight is 356 g/mol.